The Balaban J connectivity index is 0.990. The highest BCUT2D eigenvalue weighted by Gasteiger charge is 2.43. The first-order valence-corrected chi connectivity index (χ1v) is 30.4. The largest absolute Gasteiger partial charge is 0.480 e. The average Bonchev–Trinajstić information content (AvgIpc) is 3.93. The number of carboxylic acids is 2. The van der Waals surface area contributed by atoms with Crippen LogP contribution < -0.4 is 31.9 Å². The van der Waals surface area contributed by atoms with Crippen LogP contribution >= 0.6 is 11.8 Å². The normalized spacial score (nSPS) is 18.8. The number of unbranched alkanes of at least 4 members (excludes halogenated alkanes) is 1. The van der Waals surface area contributed by atoms with Gasteiger partial charge in [0, 0.05) is 118 Å². The van der Waals surface area contributed by atoms with Crippen LogP contribution in [0.1, 0.15) is 90.5 Å². The number of aliphatic carboxylic acids is 2. The first-order chi connectivity index (χ1) is 41.2. The van der Waals surface area contributed by atoms with E-state index in [2.05, 4.69) is 31.9 Å². The summed E-state index contributed by atoms with van der Waals surface area (Å²) < 4.78 is 16.8. The van der Waals surface area contributed by atoms with Gasteiger partial charge in [-0.2, -0.15) is 11.8 Å². The van der Waals surface area contributed by atoms with Crippen LogP contribution in [-0.2, 0) is 39.8 Å². The van der Waals surface area contributed by atoms with Crippen molar-refractivity contribution in [3.05, 3.63) is 59.2 Å². The minimum Gasteiger partial charge on any atom is -0.480 e. The van der Waals surface area contributed by atoms with Crippen LogP contribution in [0.2, 0.25) is 0 Å². The summed E-state index contributed by atoms with van der Waals surface area (Å²) in [5.74, 6) is -2.76. The summed E-state index contributed by atoms with van der Waals surface area (Å²) in [6.07, 6.45) is 0.625. The molecule has 1 aliphatic carbocycles. The summed E-state index contributed by atoms with van der Waals surface area (Å²) in [4.78, 5) is 93.6. The Labute approximate surface area is 505 Å². The highest BCUT2D eigenvalue weighted by Crippen LogP contribution is 2.33. The highest BCUT2D eigenvalue weighted by molar-refractivity contribution is 8.00. The van der Waals surface area contributed by atoms with Crippen LogP contribution in [0.15, 0.2) is 42.5 Å². The minimum atomic E-state index is -1.92. The number of nitrogens with one attached hydrogen (secondary N) is 6. The van der Waals surface area contributed by atoms with Crippen LogP contribution in [0.5, 0.6) is 0 Å². The Kier molecular flexibility index (Phi) is 31.2. The third-order valence-electron chi connectivity index (χ3n) is 15.0. The van der Waals surface area contributed by atoms with E-state index in [0.29, 0.717) is 120 Å². The molecule has 86 heavy (non-hydrogen) atoms. The SMILES string of the molecule is CNc1cc(C(=O)NCCCOCCOCCOCCCNC(=O)CN(C)C(=O)CCCCC2SCC3NC(=O)NC32)cc(C(=O)Nc2ccc(CC(CN(CC(=O)O)C3CCCCC3N(CC(=O)O)CC(O)O)N(CC(O)O)CC(O)O)cc2)c1. The Bertz CT molecular complexity index is 2440. The van der Waals surface area contributed by atoms with Crippen molar-refractivity contribution in [3.63, 3.8) is 0 Å². The van der Waals surface area contributed by atoms with Gasteiger partial charge in [-0.05, 0) is 80.8 Å². The fourth-order valence-electron chi connectivity index (χ4n) is 11.0. The Morgan fingerprint density at radius 2 is 1.22 bits per heavy atom. The predicted molar refractivity (Wildman–Crippen MR) is 317 cm³/mol. The smallest absolute Gasteiger partial charge is 0.317 e. The third kappa shape index (κ3) is 25.5. The number of amides is 6. The van der Waals surface area contributed by atoms with Crippen molar-refractivity contribution in [2.75, 3.05) is 129 Å². The van der Waals surface area contributed by atoms with Gasteiger partial charge in [0.05, 0.1) is 64.7 Å². The van der Waals surface area contributed by atoms with Crippen molar-refractivity contribution < 1.29 is 88.6 Å². The molecule has 2 aromatic rings. The lowest BCUT2D eigenvalue weighted by atomic mass is 9.87. The second-order valence-electron chi connectivity index (χ2n) is 21.8. The quantitative estimate of drug-likeness (QED) is 0.0217. The van der Waals surface area contributed by atoms with E-state index in [9.17, 15) is 74.4 Å². The Morgan fingerprint density at radius 1 is 0.663 bits per heavy atom. The number of carbonyl (C=O) groups is 7. The zero-order valence-electron chi connectivity index (χ0n) is 49.2. The maximum absolute atomic E-state index is 13.6. The number of carbonyl (C=O) groups excluding carboxylic acids is 5. The topological polar surface area (TPSA) is 394 Å². The molecule has 1 saturated carbocycles. The van der Waals surface area contributed by atoms with Gasteiger partial charge in [0.2, 0.25) is 11.8 Å². The van der Waals surface area contributed by atoms with Gasteiger partial charge in [-0.15, -0.1) is 0 Å². The molecule has 6 unspecified atom stereocenters. The van der Waals surface area contributed by atoms with Crippen LogP contribution in [0.25, 0.3) is 0 Å². The van der Waals surface area contributed by atoms with E-state index in [1.165, 1.54) is 20.8 Å². The number of anilines is 2. The molecule has 0 spiro atoms. The van der Waals surface area contributed by atoms with E-state index in [1.807, 2.05) is 11.8 Å². The molecule has 2 aromatic carbocycles. The van der Waals surface area contributed by atoms with Crippen molar-refractivity contribution in [1.82, 2.24) is 40.9 Å². The molecule has 14 N–H and O–H groups in total. The molecule has 482 valence electrons. The lowest BCUT2D eigenvalue weighted by Crippen LogP contribution is -2.60. The number of benzene rings is 2. The Hall–Kier alpha value is -5.80. The fraction of sp³-hybridized carbons (Fsp3) is 0.667. The van der Waals surface area contributed by atoms with Crippen molar-refractivity contribution in [2.45, 2.75) is 125 Å². The molecule has 2 saturated heterocycles. The summed E-state index contributed by atoms with van der Waals surface area (Å²) in [5.41, 5.74) is 1.95. The zero-order chi connectivity index (χ0) is 62.5. The van der Waals surface area contributed by atoms with Gasteiger partial charge in [-0.3, -0.25) is 43.5 Å². The fourth-order valence-corrected chi connectivity index (χ4v) is 12.5. The van der Waals surface area contributed by atoms with Gasteiger partial charge in [-0.25, -0.2) is 4.79 Å². The molecule has 5 rings (SSSR count). The molecular formula is C57H90N10O18S. The summed E-state index contributed by atoms with van der Waals surface area (Å²) in [5, 5.41) is 97.5. The summed E-state index contributed by atoms with van der Waals surface area (Å²) in [6, 6.07) is 9.55. The summed E-state index contributed by atoms with van der Waals surface area (Å²) >= 11 is 1.85. The minimum absolute atomic E-state index is 0.0181. The maximum atomic E-state index is 13.6. The number of hydrogen-bond acceptors (Lipinski definition) is 21. The van der Waals surface area contributed by atoms with E-state index >= 15 is 0 Å². The third-order valence-corrected chi connectivity index (χ3v) is 16.6. The molecule has 0 bridgehead atoms. The van der Waals surface area contributed by atoms with E-state index in [4.69, 9.17) is 14.2 Å². The number of thioether (sulfide) groups is 1. The summed E-state index contributed by atoms with van der Waals surface area (Å²) in [7, 11) is 3.27. The monoisotopic (exact) mass is 1230 g/mol. The number of hydrogen-bond donors (Lipinski definition) is 14. The number of nitrogens with zero attached hydrogens (tertiary/aromatic N) is 4. The second kappa shape index (κ2) is 37.8. The van der Waals surface area contributed by atoms with Crippen molar-refractivity contribution in [2.24, 2.45) is 0 Å². The number of aliphatic hydroxyl groups is 6. The summed E-state index contributed by atoms with van der Waals surface area (Å²) in [6.45, 7) is 0.438. The van der Waals surface area contributed by atoms with E-state index in [0.717, 1.165) is 25.0 Å². The van der Waals surface area contributed by atoms with Gasteiger partial charge in [0.25, 0.3) is 11.8 Å². The van der Waals surface area contributed by atoms with Crippen LogP contribution in [0.3, 0.4) is 0 Å². The number of carboxylic acid groups (broad SMARTS) is 2. The molecule has 0 aromatic heterocycles. The second-order valence-corrected chi connectivity index (χ2v) is 23.1. The van der Waals surface area contributed by atoms with Gasteiger partial charge in [0.1, 0.15) is 0 Å². The van der Waals surface area contributed by atoms with Crippen molar-refractivity contribution in [3.8, 4) is 0 Å². The average molecular weight is 1240 g/mol. The molecule has 2 aliphatic heterocycles. The van der Waals surface area contributed by atoms with E-state index in [1.54, 1.807) is 55.4 Å². The van der Waals surface area contributed by atoms with Gasteiger partial charge < -0.3 is 91.9 Å². The molecule has 3 fully saturated rings. The molecule has 6 amide bonds. The Morgan fingerprint density at radius 3 is 1.79 bits per heavy atom. The van der Waals surface area contributed by atoms with Crippen LogP contribution in [-0.4, -0.2) is 275 Å². The number of fused-ring (bicyclic) bond motifs is 1. The molecule has 28 nitrogen and oxygen atoms in total. The van der Waals surface area contributed by atoms with Gasteiger partial charge >= 0.3 is 18.0 Å². The zero-order valence-corrected chi connectivity index (χ0v) is 50.0. The van der Waals surface area contributed by atoms with Gasteiger partial charge in [0.15, 0.2) is 18.9 Å². The molecule has 0 radical (unpaired) electrons. The molecule has 2 heterocycles. The number of rotatable bonds is 42. The van der Waals surface area contributed by atoms with Crippen LogP contribution in [0, 0.1) is 0 Å². The number of ether oxygens (including phenoxy) is 3. The lowest BCUT2D eigenvalue weighted by molar-refractivity contribution is -0.145. The van der Waals surface area contributed by atoms with E-state index in [-0.39, 0.29) is 60.6 Å². The number of urea groups is 1. The maximum Gasteiger partial charge on any atom is 0.317 e. The highest BCUT2D eigenvalue weighted by atomic mass is 32.2. The first-order valence-electron chi connectivity index (χ1n) is 29.4. The standard InChI is InChI=1S/C57H90N10O18S/c1-58-41-27-38(55(80)60-18-8-20-84-22-24-85-23-21-83-19-7-17-59-47(68)30-64(2)48(69)12-6-5-11-46-54-43(36-86-46)62-57(82)63-54)26-39(28-41)56(81)61-40-15-13-37(14-16-40)25-42(65(31-49(70)71)32-50(72)73)29-66(33-51(74)75)44-9-3-4-10-45(44)67(34-52(76)77)35-53(78)79/h13-16,26-28,42-46,49-50,52,54,58,70-73,76-77H,3-12,17-25,29-36H2,1-2H3,(H,59,68)(H,60,80)(H,61,81)(H,74,75)(H,78,79)(H2,62,63,82). The lowest BCUT2D eigenvalue weighted by Gasteiger charge is -2.46. The number of aliphatic hydroxyl groups excluding tert-OH is 3. The van der Waals surface area contributed by atoms with E-state index < -0.39 is 93.5 Å². The molecular weight excluding hydrogens is 1140 g/mol. The number of likely N-dealkylation sites (N-methyl/N-ethyl adjacent to an activating group) is 1. The predicted octanol–water partition coefficient (Wildman–Crippen LogP) is -0.930. The molecule has 6 atom stereocenters. The van der Waals surface area contributed by atoms with Gasteiger partial charge in [-0.1, -0.05) is 31.4 Å². The van der Waals surface area contributed by atoms with Crippen molar-refractivity contribution >= 4 is 64.7 Å². The molecule has 29 heteroatoms. The molecule has 3 aliphatic rings. The van der Waals surface area contributed by atoms with Crippen LogP contribution in [0.4, 0.5) is 16.2 Å². The van der Waals surface area contributed by atoms with Crippen molar-refractivity contribution in [1.29, 1.82) is 0 Å². The first kappa shape index (κ1) is 71.0.